The Balaban J connectivity index is 1.57. The summed E-state index contributed by atoms with van der Waals surface area (Å²) < 4.78 is 33.8. The smallest absolute Gasteiger partial charge is 0.387 e. The lowest BCUT2D eigenvalue weighted by atomic mass is 9.92. The maximum absolute atomic E-state index is 13.7. The SMILES string of the molecule is CCN1C(=O)c2cccc(OC(F)F)c2C2CC1(C)c1nc3ccc(-c4cnc(C(C)(C)O)nc4)cc3n12. The fourth-order valence-electron chi connectivity index (χ4n) is 5.92. The van der Waals surface area contributed by atoms with Crippen molar-refractivity contribution in [3.63, 3.8) is 0 Å². The zero-order chi connectivity index (χ0) is 27.0. The number of carbonyl (C=O) groups excluding carboxylic acids is 1. The van der Waals surface area contributed by atoms with Gasteiger partial charge in [-0.05, 0) is 57.5 Å². The average Bonchev–Trinajstić information content (AvgIpc) is 3.36. The van der Waals surface area contributed by atoms with Crippen molar-refractivity contribution in [2.45, 2.75) is 57.9 Å². The molecule has 4 heterocycles. The lowest BCUT2D eigenvalue weighted by molar-refractivity contribution is -0.0507. The van der Waals surface area contributed by atoms with Crippen LogP contribution in [0.3, 0.4) is 0 Å². The van der Waals surface area contributed by atoms with Crippen molar-refractivity contribution in [2.24, 2.45) is 0 Å². The fraction of sp³-hybridized carbons (Fsp3) is 0.357. The molecule has 196 valence electrons. The van der Waals surface area contributed by atoms with Gasteiger partial charge in [-0.2, -0.15) is 8.78 Å². The van der Waals surface area contributed by atoms with Crippen LogP contribution in [-0.2, 0) is 11.1 Å². The third kappa shape index (κ3) is 3.50. The summed E-state index contributed by atoms with van der Waals surface area (Å²) in [6.45, 7) is 4.55. The van der Waals surface area contributed by atoms with Gasteiger partial charge in [0.2, 0.25) is 0 Å². The van der Waals surface area contributed by atoms with Crippen LogP contribution in [0.5, 0.6) is 5.75 Å². The number of nitrogens with zero attached hydrogens (tertiary/aromatic N) is 5. The Bertz CT molecular complexity index is 1580. The molecule has 8 nitrogen and oxygen atoms in total. The molecule has 2 atom stereocenters. The highest BCUT2D eigenvalue weighted by Gasteiger charge is 2.53. The normalized spacial score (nSPS) is 20.6. The third-order valence-electron chi connectivity index (χ3n) is 7.61. The number of aromatic nitrogens is 4. The number of fused-ring (bicyclic) bond motifs is 9. The first-order valence-electron chi connectivity index (χ1n) is 12.5. The minimum absolute atomic E-state index is 0.00221. The van der Waals surface area contributed by atoms with E-state index in [0.717, 1.165) is 22.2 Å². The van der Waals surface area contributed by atoms with Gasteiger partial charge < -0.3 is 19.3 Å². The largest absolute Gasteiger partial charge is 0.434 e. The Morgan fingerprint density at radius 1 is 1.18 bits per heavy atom. The molecule has 2 aromatic carbocycles. The molecule has 2 aromatic heterocycles. The van der Waals surface area contributed by atoms with E-state index in [-0.39, 0.29) is 11.7 Å². The number of ether oxygens (including phenoxy) is 1. The van der Waals surface area contributed by atoms with Crippen LogP contribution in [0.2, 0.25) is 0 Å². The Labute approximate surface area is 217 Å². The maximum Gasteiger partial charge on any atom is 0.387 e. The highest BCUT2D eigenvalue weighted by Crippen LogP contribution is 2.53. The molecule has 0 fully saturated rings. The summed E-state index contributed by atoms with van der Waals surface area (Å²) in [7, 11) is 0. The number of hydrogen-bond donors (Lipinski definition) is 1. The lowest BCUT2D eigenvalue weighted by Gasteiger charge is -2.36. The van der Waals surface area contributed by atoms with E-state index in [0.29, 0.717) is 35.7 Å². The molecule has 2 unspecified atom stereocenters. The summed E-state index contributed by atoms with van der Waals surface area (Å²) in [5.41, 5.74) is 2.04. The van der Waals surface area contributed by atoms with Gasteiger partial charge >= 0.3 is 6.61 Å². The van der Waals surface area contributed by atoms with Crippen LogP contribution >= 0.6 is 0 Å². The van der Waals surface area contributed by atoms with Crippen molar-refractivity contribution in [1.82, 2.24) is 24.4 Å². The van der Waals surface area contributed by atoms with Crippen molar-refractivity contribution in [3.05, 3.63) is 71.6 Å². The predicted molar refractivity (Wildman–Crippen MR) is 136 cm³/mol. The van der Waals surface area contributed by atoms with Crippen molar-refractivity contribution < 1.29 is 23.4 Å². The van der Waals surface area contributed by atoms with Crippen molar-refractivity contribution >= 4 is 16.9 Å². The van der Waals surface area contributed by atoms with E-state index in [1.165, 1.54) is 6.07 Å². The summed E-state index contributed by atoms with van der Waals surface area (Å²) in [5, 5.41) is 10.2. The van der Waals surface area contributed by atoms with Gasteiger partial charge in [-0.15, -0.1) is 0 Å². The van der Waals surface area contributed by atoms with Crippen LogP contribution in [0.4, 0.5) is 8.78 Å². The van der Waals surface area contributed by atoms with Gasteiger partial charge in [-0.3, -0.25) is 4.79 Å². The Hall–Kier alpha value is -3.92. The molecule has 0 aliphatic carbocycles. The molecule has 0 saturated heterocycles. The quantitative estimate of drug-likeness (QED) is 0.399. The van der Waals surface area contributed by atoms with E-state index < -0.39 is 23.8 Å². The predicted octanol–water partition coefficient (Wildman–Crippen LogP) is 5.01. The lowest BCUT2D eigenvalue weighted by Crippen LogP contribution is -2.46. The van der Waals surface area contributed by atoms with Crippen LogP contribution in [0.1, 0.15) is 67.7 Å². The second kappa shape index (κ2) is 8.29. The Morgan fingerprint density at radius 3 is 2.58 bits per heavy atom. The average molecular weight is 520 g/mol. The number of carbonyl (C=O) groups is 1. The van der Waals surface area contributed by atoms with E-state index in [4.69, 9.17) is 9.72 Å². The van der Waals surface area contributed by atoms with Crippen molar-refractivity contribution in [3.8, 4) is 16.9 Å². The molecule has 0 saturated carbocycles. The Morgan fingerprint density at radius 2 is 1.92 bits per heavy atom. The van der Waals surface area contributed by atoms with Crippen LogP contribution < -0.4 is 4.74 Å². The van der Waals surface area contributed by atoms with Gasteiger partial charge in [0.1, 0.15) is 22.7 Å². The summed E-state index contributed by atoms with van der Waals surface area (Å²) >= 11 is 0. The molecule has 2 aliphatic rings. The summed E-state index contributed by atoms with van der Waals surface area (Å²) in [6, 6.07) is 10.1. The number of hydrogen-bond acceptors (Lipinski definition) is 6. The molecular weight excluding hydrogens is 492 g/mol. The van der Waals surface area contributed by atoms with Crippen LogP contribution in [0.25, 0.3) is 22.2 Å². The van der Waals surface area contributed by atoms with E-state index in [1.54, 1.807) is 43.3 Å². The maximum atomic E-state index is 13.7. The minimum atomic E-state index is -3.02. The van der Waals surface area contributed by atoms with Crippen LogP contribution in [-0.4, -0.2) is 48.6 Å². The molecule has 38 heavy (non-hydrogen) atoms. The molecular formula is C28H27F2N5O3. The number of rotatable bonds is 5. The number of alkyl halides is 2. The van der Waals surface area contributed by atoms with Crippen molar-refractivity contribution in [2.75, 3.05) is 6.54 Å². The van der Waals surface area contributed by atoms with Gasteiger partial charge in [0.15, 0.2) is 5.82 Å². The molecule has 0 radical (unpaired) electrons. The van der Waals surface area contributed by atoms with Gasteiger partial charge in [0.05, 0.1) is 17.1 Å². The monoisotopic (exact) mass is 519 g/mol. The summed E-state index contributed by atoms with van der Waals surface area (Å²) in [4.78, 5) is 29.0. The molecule has 4 aromatic rings. The van der Waals surface area contributed by atoms with E-state index in [9.17, 15) is 18.7 Å². The minimum Gasteiger partial charge on any atom is -0.434 e. The fourth-order valence-corrected chi connectivity index (χ4v) is 5.92. The van der Waals surface area contributed by atoms with Crippen LogP contribution in [0, 0.1) is 0 Å². The summed E-state index contributed by atoms with van der Waals surface area (Å²) in [6.07, 6.45) is 3.80. The van der Waals surface area contributed by atoms with E-state index in [2.05, 4.69) is 14.5 Å². The zero-order valence-corrected chi connectivity index (χ0v) is 21.4. The second-order valence-electron chi connectivity index (χ2n) is 10.5. The second-order valence-corrected chi connectivity index (χ2v) is 10.5. The Kier molecular flexibility index (Phi) is 5.33. The molecule has 2 aliphatic heterocycles. The molecule has 6 rings (SSSR count). The van der Waals surface area contributed by atoms with Gasteiger partial charge in [-0.1, -0.05) is 12.1 Å². The standard InChI is InChI=1S/C28H27F2N5O3/c1-5-34-23(36)17-7-6-8-21(38-26(29)30)22(17)20-12-28(34,4)25-33-18-10-9-15(11-19(18)35(20)25)16-13-31-24(32-14-16)27(2,3)37/h6-11,13-14,20,26,37H,5,12H2,1-4H3. The molecule has 1 N–H and O–H groups in total. The number of halogens is 2. The van der Waals surface area contributed by atoms with E-state index in [1.807, 2.05) is 32.0 Å². The first-order valence-corrected chi connectivity index (χ1v) is 12.5. The third-order valence-corrected chi connectivity index (χ3v) is 7.61. The topological polar surface area (TPSA) is 93.4 Å². The van der Waals surface area contributed by atoms with Gasteiger partial charge in [-0.25, -0.2) is 15.0 Å². The van der Waals surface area contributed by atoms with Gasteiger partial charge in [0.25, 0.3) is 5.91 Å². The first-order chi connectivity index (χ1) is 18.0. The number of aliphatic hydroxyl groups is 1. The number of imidazole rings is 1. The van der Waals surface area contributed by atoms with Crippen molar-refractivity contribution in [1.29, 1.82) is 0 Å². The first kappa shape index (κ1) is 24.4. The number of amides is 1. The van der Waals surface area contributed by atoms with Crippen LogP contribution in [0.15, 0.2) is 48.8 Å². The molecule has 10 heteroatoms. The molecule has 2 bridgehead atoms. The summed E-state index contributed by atoms with van der Waals surface area (Å²) in [5.74, 6) is 0.793. The molecule has 1 amide bonds. The highest BCUT2D eigenvalue weighted by atomic mass is 19.3. The van der Waals surface area contributed by atoms with Gasteiger partial charge in [0, 0.05) is 42.0 Å². The highest BCUT2D eigenvalue weighted by molar-refractivity contribution is 5.98. The number of benzene rings is 2. The zero-order valence-electron chi connectivity index (χ0n) is 21.4. The van der Waals surface area contributed by atoms with E-state index >= 15 is 0 Å². The molecule has 0 spiro atoms.